The van der Waals surface area contributed by atoms with Crippen LogP contribution in [-0.4, -0.2) is 7.11 Å². The molecule has 17 heavy (non-hydrogen) atoms. The van der Waals surface area contributed by atoms with Crippen LogP contribution in [0.4, 0.5) is 8.78 Å². The number of ether oxygens (including phenoxy) is 1. The molecule has 0 aliphatic heterocycles. The van der Waals surface area contributed by atoms with Crippen LogP contribution in [0.15, 0.2) is 36.4 Å². The van der Waals surface area contributed by atoms with E-state index in [1.165, 1.54) is 6.07 Å². The van der Waals surface area contributed by atoms with Crippen LogP contribution in [0.25, 0.3) is 11.1 Å². The normalized spacial score (nSPS) is 10.4. The van der Waals surface area contributed by atoms with E-state index in [1.807, 2.05) is 12.1 Å². The van der Waals surface area contributed by atoms with Crippen molar-refractivity contribution in [3.8, 4) is 16.9 Å². The number of hydrogen-bond acceptors (Lipinski definition) is 1. The summed E-state index contributed by atoms with van der Waals surface area (Å²) in [6.07, 6.45) is 0. The Morgan fingerprint density at radius 3 is 2.12 bits per heavy atom. The quantitative estimate of drug-likeness (QED) is 0.764. The Morgan fingerprint density at radius 1 is 0.941 bits per heavy atom. The molecule has 1 nitrogen and oxygen atoms in total. The molecule has 0 bridgehead atoms. The van der Waals surface area contributed by atoms with Crippen molar-refractivity contribution < 1.29 is 13.5 Å². The Hall–Kier alpha value is -1.90. The molecule has 0 unspecified atom stereocenters. The van der Waals surface area contributed by atoms with Gasteiger partial charge in [-0.1, -0.05) is 12.1 Å². The van der Waals surface area contributed by atoms with Gasteiger partial charge in [0.25, 0.3) is 0 Å². The Labute approximate surface area is 98.7 Å². The van der Waals surface area contributed by atoms with Crippen molar-refractivity contribution in [1.82, 2.24) is 0 Å². The minimum atomic E-state index is -0.823. The van der Waals surface area contributed by atoms with Gasteiger partial charge in [-0.15, -0.1) is 0 Å². The molecule has 0 amide bonds. The highest BCUT2D eigenvalue weighted by Gasteiger charge is 2.08. The summed E-state index contributed by atoms with van der Waals surface area (Å²) in [5, 5.41) is 0. The summed E-state index contributed by atoms with van der Waals surface area (Å²) in [4.78, 5) is 0. The summed E-state index contributed by atoms with van der Waals surface area (Å²) >= 11 is 0. The molecule has 0 aliphatic rings. The first-order valence-corrected chi connectivity index (χ1v) is 5.22. The predicted octanol–water partition coefficient (Wildman–Crippen LogP) is 3.95. The first-order chi connectivity index (χ1) is 8.11. The number of methoxy groups -OCH3 is 1. The minimum absolute atomic E-state index is 0.302. The van der Waals surface area contributed by atoms with E-state index in [9.17, 15) is 8.78 Å². The molecule has 0 saturated carbocycles. The molecule has 0 spiro atoms. The molecule has 2 aromatic rings. The molecule has 0 atom stereocenters. The molecule has 0 aromatic heterocycles. The van der Waals surface area contributed by atoms with Crippen LogP contribution in [0, 0.1) is 18.6 Å². The van der Waals surface area contributed by atoms with Gasteiger partial charge in [-0.05, 0) is 47.9 Å². The first-order valence-electron chi connectivity index (χ1n) is 5.22. The van der Waals surface area contributed by atoms with E-state index in [2.05, 4.69) is 0 Å². The lowest BCUT2D eigenvalue weighted by Gasteiger charge is -2.06. The largest absolute Gasteiger partial charge is 0.497 e. The standard InChI is InChI=1S/C14H12F2O/c1-9-7-11(8-13(15)14(9)16)10-3-5-12(17-2)6-4-10/h3-8H,1-2H3. The SMILES string of the molecule is COc1ccc(-c2cc(C)c(F)c(F)c2)cc1. The fourth-order valence-corrected chi connectivity index (χ4v) is 1.68. The maximum absolute atomic E-state index is 13.3. The van der Waals surface area contributed by atoms with E-state index in [-0.39, 0.29) is 0 Å². The third kappa shape index (κ3) is 2.28. The Balaban J connectivity index is 2.45. The van der Waals surface area contributed by atoms with Gasteiger partial charge >= 0.3 is 0 Å². The van der Waals surface area contributed by atoms with E-state index >= 15 is 0 Å². The van der Waals surface area contributed by atoms with E-state index in [4.69, 9.17) is 4.74 Å². The van der Waals surface area contributed by atoms with Crippen molar-refractivity contribution in [3.05, 3.63) is 53.6 Å². The van der Waals surface area contributed by atoms with Crippen LogP contribution in [0.1, 0.15) is 5.56 Å². The molecule has 0 N–H and O–H groups in total. The van der Waals surface area contributed by atoms with Crippen LogP contribution in [0.3, 0.4) is 0 Å². The molecular formula is C14H12F2O. The van der Waals surface area contributed by atoms with Gasteiger partial charge in [0.15, 0.2) is 11.6 Å². The van der Waals surface area contributed by atoms with Crippen LogP contribution >= 0.6 is 0 Å². The fraction of sp³-hybridized carbons (Fsp3) is 0.143. The maximum atomic E-state index is 13.3. The topological polar surface area (TPSA) is 9.23 Å². The van der Waals surface area contributed by atoms with Gasteiger partial charge in [-0.25, -0.2) is 8.78 Å². The van der Waals surface area contributed by atoms with E-state index < -0.39 is 11.6 Å². The van der Waals surface area contributed by atoms with E-state index in [1.54, 1.807) is 32.2 Å². The molecule has 2 rings (SSSR count). The smallest absolute Gasteiger partial charge is 0.161 e. The second kappa shape index (κ2) is 4.53. The van der Waals surface area contributed by atoms with Crippen molar-refractivity contribution in [2.45, 2.75) is 6.92 Å². The summed E-state index contributed by atoms with van der Waals surface area (Å²) in [6, 6.07) is 10.0. The number of rotatable bonds is 2. The van der Waals surface area contributed by atoms with Crippen LogP contribution in [-0.2, 0) is 0 Å². The van der Waals surface area contributed by atoms with Crippen molar-refractivity contribution in [2.24, 2.45) is 0 Å². The molecule has 0 heterocycles. The molecule has 0 aliphatic carbocycles. The fourth-order valence-electron chi connectivity index (χ4n) is 1.68. The highest BCUT2D eigenvalue weighted by atomic mass is 19.2. The Kier molecular flexibility index (Phi) is 3.09. The second-order valence-corrected chi connectivity index (χ2v) is 3.82. The number of aryl methyl sites for hydroxylation is 1. The number of hydrogen-bond donors (Lipinski definition) is 0. The summed E-state index contributed by atoms with van der Waals surface area (Å²) in [5.74, 6) is -0.883. The van der Waals surface area contributed by atoms with Crippen molar-refractivity contribution in [3.63, 3.8) is 0 Å². The molecule has 0 saturated heterocycles. The summed E-state index contributed by atoms with van der Waals surface area (Å²) in [7, 11) is 1.58. The zero-order valence-corrected chi connectivity index (χ0v) is 9.63. The zero-order chi connectivity index (χ0) is 12.4. The van der Waals surface area contributed by atoms with Gasteiger partial charge in [0, 0.05) is 0 Å². The molecular weight excluding hydrogens is 222 g/mol. The monoisotopic (exact) mass is 234 g/mol. The molecule has 3 heteroatoms. The van der Waals surface area contributed by atoms with Gasteiger partial charge < -0.3 is 4.74 Å². The summed E-state index contributed by atoms with van der Waals surface area (Å²) < 4.78 is 31.5. The molecule has 0 fully saturated rings. The molecule has 0 radical (unpaired) electrons. The minimum Gasteiger partial charge on any atom is -0.497 e. The highest BCUT2D eigenvalue weighted by Crippen LogP contribution is 2.25. The summed E-state index contributed by atoms with van der Waals surface area (Å²) in [6.45, 7) is 1.55. The average molecular weight is 234 g/mol. The zero-order valence-electron chi connectivity index (χ0n) is 9.63. The lowest BCUT2D eigenvalue weighted by atomic mass is 10.0. The lowest BCUT2D eigenvalue weighted by Crippen LogP contribution is -1.91. The molecule has 2 aromatic carbocycles. The van der Waals surface area contributed by atoms with Crippen LogP contribution in [0.5, 0.6) is 5.75 Å². The van der Waals surface area contributed by atoms with Crippen LogP contribution in [0.2, 0.25) is 0 Å². The van der Waals surface area contributed by atoms with Gasteiger partial charge in [0.2, 0.25) is 0 Å². The predicted molar refractivity (Wildman–Crippen MR) is 63.1 cm³/mol. The van der Waals surface area contributed by atoms with Gasteiger partial charge in [0.1, 0.15) is 5.75 Å². The van der Waals surface area contributed by atoms with Crippen LogP contribution < -0.4 is 4.74 Å². The second-order valence-electron chi connectivity index (χ2n) is 3.82. The average Bonchev–Trinajstić information content (AvgIpc) is 2.35. The molecule has 88 valence electrons. The van der Waals surface area contributed by atoms with Crippen molar-refractivity contribution in [2.75, 3.05) is 7.11 Å². The van der Waals surface area contributed by atoms with E-state index in [0.717, 1.165) is 11.3 Å². The third-order valence-electron chi connectivity index (χ3n) is 2.63. The number of benzene rings is 2. The first kappa shape index (κ1) is 11.6. The van der Waals surface area contributed by atoms with Crippen molar-refractivity contribution >= 4 is 0 Å². The lowest BCUT2D eigenvalue weighted by molar-refractivity contribution is 0.415. The van der Waals surface area contributed by atoms with Gasteiger partial charge in [-0.2, -0.15) is 0 Å². The summed E-state index contributed by atoms with van der Waals surface area (Å²) in [5.41, 5.74) is 1.78. The van der Waals surface area contributed by atoms with Gasteiger partial charge in [0.05, 0.1) is 7.11 Å². The van der Waals surface area contributed by atoms with E-state index in [0.29, 0.717) is 11.1 Å². The Morgan fingerprint density at radius 2 is 1.59 bits per heavy atom. The van der Waals surface area contributed by atoms with Crippen molar-refractivity contribution in [1.29, 1.82) is 0 Å². The maximum Gasteiger partial charge on any atom is 0.161 e. The van der Waals surface area contributed by atoms with Gasteiger partial charge in [-0.3, -0.25) is 0 Å². The highest BCUT2D eigenvalue weighted by molar-refractivity contribution is 5.65. The number of halogens is 2. The Bertz CT molecular complexity index is 509. The third-order valence-corrected chi connectivity index (χ3v) is 2.63.